The second-order valence-electron chi connectivity index (χ2n) is 4.77. The highest BCUT2D eigenvalue weighted by molar-refractivity contribution is 6.23. The molecule has 0 spiro atoms. The Morgan fingerprint density at radius 2 is 1.58 bits per heavy atom. The molecule has 10 nitrogen and oxygen atoms in total. The molecule has 4 amide bonds. The summed E-state index contributed by atoms with van der Waals surface area (Å²) < 4.78 is 9.17. The number of nitrogens with one attached hydrogen (secondary N) is 3. The molecule has 1 heterocycles. The Bertz CT molecular complexity index is 682. The molecule has 0 aromatic carbocycles. The van der Waals surface area contributed by atoms with Crippen molar-refractivity contribution in [3.05, 3.63) is 35.7 Å². The lowest BCUT2D eigenvalue weighted by Crippen LogP contribution is -2.40. The number of hydrogen-bond donors (Lipinski definition) is 3. The van der Waals surface area contributed by atoms with Crippen LogP contribution in [0, 0.1) is 6.92 Å². The summed E-state index contributed by atoms with van der Waals surface area (Å²) in [4.78, 5) is 51.1. The molecule has 0 aliphatic rings. The Morgan fingerprint density at radius 1 is 1.04 bits per heavy atom. The first-order valence-electron chi connectivity index (χ1n) is 7.72. The van der Waals surface area contributed by atoms with Gasteiger partial charge in [-0.25, -0.2) is 14.6 Å². The van der Waals surface area contributed by atoms with E-state index < -0.39 is 29.6 Å². The Balaban J connectivity index is 2.97. The number of ether oxygens (including phenoxy) is 2. The number of aryl methyl sites for hydroxylation is 1. The average molecular weight is 364 g/mol. The molecular weight excluding hydrogens is 344 g/mol. The minimum Gasteiger partial charge on any atom is -0.450 e. The lowest BCUT2D eigenvalue weighted by molar-refractivity contribution is -0.122. The van der Waals surface area contributed by atoms with Crippen LogP contribution in [0.3, 0.4) is 0 Å². The van der Waals surface area contributed by atoms with Gasteiger partial charge < -0.3 is 14.8 Å². The normalized spacial score (nSPS) is 9.50. The molecule has 0 aliphatic carbocycles. The highest BCUT2D eigenvalue weighted by atomic mass is 16.6. The second-order valence-corrected chi connectivity index (χ2v) is 4.77. The lowest BCUT2D eigenvalue weighted by atomic mass is 10.2. The molecule has 0 atom stereocenters. The highest BCUT2D eigenvalue weighted by Gasteiger charge is 2.23. The van der Waals surface area contributed by atoms with Gasteiger partial charge in [0.2, 0.25) is 0 Å². The van der Waals surface area contributed by atoms with Crippen LogP contribution in [0.5, 0.6) is 0 Å². The van der Waals surface area contributed by atoms with E-state index in [1.807, 2.05) is 17.6 Å². The number of carbonyl (C=O) groups excluding carboxylic acids is 4. The number of hydrogen-bond acceptors (Lipinski definition) is 8. The van der Waals surface area contributed by atoms with E-state index in [1.54, 1.807) is 26.0 Å². The van der Waals surface area contributed by atoms with Crippen molar-refractivity contribution in [1.29, 1.82) is 0 Å². The van der Waals surface area contributed by atoms with Crippen LogP contribution >= 0.6 is 0 Å². The molecule has 0 saturated heterocycles. The highest BCUT2D eigenvalue weighted by Crippen LogP contribution is 2.06. The number of alkyl carbamates (subject to hydrolysis) is 2. The van der Waals surface area contributed by atoms with Crippen LogP contribution < -0.4 is 16.0 Å². The summed E-state index contributed by atoms with van der Waals surface area (Å²) in [5.41, 5.74) is 0.346. The van der Waals surface area contributed by atoms with E-state index in [4.69, 9.17) is 0 Å². The van der Waals surface area contributed by atoms with Crippen molar-refractivity contribution in [2.75, 3.05) is 18.5 Å². The first-order chi connectivity index (χ1) is 12.4. The van der Waals surface area contributed by atoms with Gasteiger partial charge in [0, 0.05) is 12.4 Å². The molecular formula is C16H20N4O6. The van der Waals surface area contributed by atoms with Crippen molar-refractivity contribution in [3.8, 4) is 0 Å². The third kappa shape index (κ3) is 6.99. The summed E-state index contributed by atoms with van der Waals surface area (Å²) in [6.45, 7) is 5.02. The van der Waals surface area contributed by atoms with Crippen molar-refractivity contribution in [1.82, 2.24) is 15.6 Å². The molecule has 3 N–H and O–H groups in total. The van der Waals surface area contributed by atoms with Crippen LogP contribution in [-0.2, 0) is 19.1 Å². The smallest absolute Gasteiger partial charge is 0.414 e. The standard InChI is InChI=1S/C16H20N4O6/c1-4-25-15(23)19-13(21)11(14(22)20-16(24)26-5-2)9-18-12-8-10(3)6-7-17-12/h6-9H,4-5H2,1-3H3,(H,17,18)(H,19,21,23)(H,20,22,24). The van der Waals surface area contributed by atoms with Crippen LogP contribution in [0.25, 0.3) is 0 Å². The number of rotatable bonds is 6. The Morgan fingerprint density at radius 3 is 2.04 bits per heavy atom. The SMILES string of the molecule is CCOC(=O)NC(=O)C(=CNc1cc(C)ccn1)C(=O)NC(=O)OCC. The van der Waals surface area contributed by atoms with Gasteiger partial charge in [0.25, 0.3) is 11.8 Å². The summed E-state index contributed by atoms with van der Waals surface area (Å²) in [5.74, 6) is -1.77. The van der Waals surface area contributed by atoms with E-state index in [0.29, 0.717) is 5.82 Å². The van der Waals surface area contributed by atoms with E-state index in [-0.39, 0.29) is 13.2 Å². The van der Waals surface area contributed by atoms with Gasteiger partial charge in [0.15, 0.2) is 0 Å². The second kappa shape index (κ2) is 10.4. The molecule has 1 aromatic rings. The number of anilines is 1. The van der Waals surface area contributed by atoms with Crippen molar-refractivity contribution in [2.24, 2.45) is 0 Å². The van der Waals surface area contributed by atoms with E-state index in [0.717, 1.165) is 11.8 Å². The van der Waals surface area contributed by atoms with E-state index in [9.17, 15) is 19.2 Å². The number of nitrogens with zero attached hydrogens (tertiary/aromatic N) is 1. The summed E-state index contributed by atoms with van der Waals surface area (Å²) in [7, 11) is 0. The van der Waals surface area contributed by atoms with E-state index >= 15 is 0 Å². The molecule has 140 valence electrons. The van der Waals surface area contributed by atoms with E-state index in [2.05, 4.69) is 19.8 Å². The molecule has 0 fully saturated rings. The monoisotopic (exact) mass is 364 g/mol. The van der Waals surface area contributed by atoms with Gasteiger partial charge in [-0.05, 0) is 38.5 Å². The maximum absolute atomic E-state index is 12.1. The summed E-state index contributed by atoms with van der Waals surface area (Å²) in [5, 5.41) is 6.40. The number of amides is 4. The molecule has 10 heteroatoms. The zero-order chi connectivity index (χ0) is 19.5. The lowest BCUT2D eigenvalue weighted by Gasteiger charge is -2.09. The largest absolute Gasteiger partial charge is 0.450 e. The minimum atomic E-state index is -1.06. The van der Waals surface area contributed by atoms with Gasteiger partial charge in [-0.3, -0.25) is 20.2 Å². The molecule has 0 bridgehead atoms. The molecule has 1 aromatic heterocycles. The predicted octanol–water partition coefficient (Wildman–Crippen LogP) is 1.23. The van der Waals surface area contributed by atoms with Gasteiger partial charge in [-0.2, -0.15) is 0 Å². The summed E-state index contributed by atoms with van der Waals surface area (Å²) >= 11 is 0. The van der Waals surface area contributed by atoms with E-state index in [1.165, 1.54) is 6.20 Å². The molecule has 0 unspecified atom stereocenters. The van der Waals surface area contributed by atoms with Crippen molar-refractivity contribution in [2.45, 2.75) is 20.8 Å². The minimum absolute atomic E-state index is 0.0403. The first kappa shape index (κ1) is 20.6. The van der Waals surface area contributed by atoms with Gasteiger partial charge in [0.05, 0.1) is 13.2 Å². The van der Waals surface area contributed by atoms with Crippen molar-refractivity contribution >= 4 is 29.8 Å². The molecule has 0 saturated carbocycles. The Hall–Kier alpha value is -3.43. The van der Waals surface area contributed by atoms with Crippen LogP contribution in [0.15, 0.2) is 30.1 Å². The Labute approximate surface area is 149 Å². The Kier molecular flexibility index (Phi) is 8.28. The fourth-order valence-electron chi connectivity index (χ4n) is 1.65. The third-order valence-corrected chi connectivity index (χ3v) is 2.75. The van der Waals surface area contributed by atoms with Crippen LogP contribution in [0.4, 0.5) is 15.4 Å². The molecule has 0 radical (unpaired) electrons. The predicted molar refractivity (Wildman–Crippen MR) is 91.0 cm³/mol. The number of imide groups is 2. The summed E-state index contributed by atoms with van der Waals surface area (Å²) in [6.07, 6.45) is 0.495. The molecule has 26 heavy (non-hydrogen) atoms. The first-order valence-corrected chi connectivity index (χ1v) is 7.72. The van der Waals surface area contributed by atoms with Crippen molar-refractivity contribution in [3.63, 3.8) is 0 Å². The number of carbonyl (C=O) groups is 4. The maximum Gasteiger partial charge on any atom is 0.414 e. The van der Waals surface area contributed by atoms with Gasteiger partial charge in [0.1, 0.15) is 11.4 Å². The maximum atomic E-state index is 12.1. The fourth-order valence-corrected chi connectivity index (χ4v) is 1.65. The number of pyridine rings is 1. The van der Waals surface area contributed by atoms with Gasteiger partial charge in [-0.1, -0.05) is 0 Å². The van der Waals surface area contributed by atoms with Crippen molar-refractivity contribution < 1.29 is 28.7 Å². The summed E-state index contributed by atoms with van der Waals surface area (Å²) in [6, 6.07) is 3.43. The number of aromatic nitrogens is 1. The quantitative estimate of drug-likeness (QED) is 0.390. The molecule has 0 aliphatic heterocycles. The zero-order valence-electron chi connectivity index (χ0n) is 14.6. The van der Waals surface area contributed by atoms with Crippen LogP contribution in [0.2, 0.25) is 0 Å². The third-order valence-electron chi connectivity index (χ3n) is 2.75. The van der Waals surface area contributed by atoms with Gasteiger partial charge >= 0.3 is 12.2 Å². The molecule has 1 rings (SSSR count). The van der Waals surface area contributed by atoms with Gasteiger partial charge in [-0.15, -0.1) is 0 Å². The zero-order valence-corrected chi connectivity index (χ0v) is 14.6. The van der Waals surface area contributed by atoms with Crippen LogP contribution in [-0.4, -0.2) is 42.2 Å². The van der Waals surface area contributed by atoms with Crippen LogP contribution in [0.1, 0.15) is 19.4 Å². The average Bonchev–Trinajstić information content (AvgIpc) is 2.55. The topological polar surface area (TPSA) is 136 Å². The fraction of sp³-hybridized carbons (Fsp3) is 0.312.